The van der Waals surface area contributed by atoms with Crippen molar-refractivity contribution in [1.82, 2.24) is 0 Å². The third kappa shape index (κ3) is 1.91. The second kappa shape index (κ2) is 6.75. The lowest BCUT2D eigenvalue weighted by molar-refractivity contribution is -0.140. The molecule has 0 amide bonds. The van der Waals surface area contributed by atoms with Crippen LogP contribution in [0.3, 0.4) is 0 Å². The maximum absolute atomic E-state index is 12.7. The van der Waals surface area contributed by atoms with Crippen LogP contribution in [0.15, 0.2) is 60.7 Å². The van der Waals surface area contributed by atoms with Crippen LogP contribution in [0.25, 0.3) is 97.8 Å². The number of carbonyl (C=O) groups excluding carboxylic acids is 1. The Morgan fingerprint density at radius 2 is 1.49 bits per heavy atom. The molecule has 2 heteroatoms. The van der Waals surface area contributed by atoms with Crippen molar-refractivity contribution in [3.63, 3.8) is 0 Å². The number of hydrogen-bond acceptors (Lipinski definition) is 2. The summed E-state index contributed by atoms with van der Waals surface area (Å²) in [6, 6.07) is 22.1. The molecule has 6 atom stereocenters. The highest BCUT2D eigenvalue weighted by Crippen LogP contribution is 2.88. The van der Waals surface area contributed by atoms with Crippen molar-refractivity contribution in [1.29, 1.82) is 0 Å². The number of benzene rings is 7. The van der Waals surface area contributed by atoms with E-state index < -0.39 is 0 Å². The average Bonchev–Trinajstić information content (AvgIpc) is 3.86. The van der Waals surface area contributed by atoms with Crippen LogP contribution in [-0.2, 0) is 27.8 Å². The topological polar surface area (TPSA) is 26.3 Å². The largest absolute Gasteiger partial charge is 0.469 e. The van der Waals surface area contributed by atoms with Crippen molar-refractivity contribution in [2.75, 3.05) is 7.11 Å². The summed E-state index contributed by atoms with van der Waals surface area (Å²) in [6.45, 7) is 0. The fraction of sp³-hybridized carbons (Fsp3) is 0.235. The van der Waals surface area contributed by atoms with E-state index in [1.54, 1.807) is 125 Å². The predicted octanol–water partition coefficient (Wildman–Crippen LogP) is 10.6. The molecule has 53 heavy (non-hydrogen) atoms. The number of methoxy groups -OCH3 is 1. The second-order valence-corrected chi connectivity index (χ2v) is 18.7. The number of esters is 1. The van der Waals surface area contributed by atoms with Gasteiger partial charge in [0, 0.05) is 35.0 Å². The number of carbonyl (C=O) groups is 1. The standard InChI is InChI=1S/C51H28O2/c1-53-27(52)8-5-9-50(25-6-3-2-4-7-25)49-26-16-23-14-20-12-21-11-18-10-19-13-22-15-24-17-51(49,50)48-34(24)39-33(22)38-29(19)28(18)36-32(21)37-30(20)31(23)40-35(26)47(48)46-44(39)42(38)41(36)43(37)45(40)46/h2-4,6-7,10,12-13,15-17,21,32,48-49H,5,8-9,11,14H2,1H3. The molecule has 0 aliphatic heterocycles. The first-order valence-electron chi connectivity index (χ1n) is 20.1. The predicted molar refractivity (Wildman–Crippen MR) is 213 cm³/mol. The molecule has 2 nitrogen and oxygen atoms in total. The van der Waals surface area contributed by atoms with Crippen LogP contribution in [0.2, 0.25) is 0 Å². The molecular formula is C51H28O2. The van der Waals surface area contributed by atoms with Crippen LogP contribution >= 0.6 is 0 Å². The van der Waals surface area contributed by atoms with Crippen molar-refractivity contribution >= 4 is 104 Å². The molecule has 1 fully saturated rings. The Kier molecular flexibility index (Phi) is 3.15. The average molecular weight is 673 g/mol. The highest BCUT2D eigenvalue weighted by molar-refractivity contribution is 6.55. The Balaban J connectivity index is 1.15. The zero-order valence-corrected chi connectivity index (χ0v) is 29.0. The van der Waals surface area contributed by atoms with E-state index in [0.29, 0.717) is 30.1 Å². The summed E-state index contributed by atoms with van der Waals surface area (Å²) in [7, 11) is 1.54. The first-order valence-corrected chi connectivity index (χ1v) is 20.1. The van der Waals surface area contributed by atoms with Gasteiger partial charge < -0.3 is 4.74 Å². The molecule has 10 aromatic carbocycles. The summed E-state index contributed by atoms with van der Waals surface area (Å²) in [5.41, 5.74) is 16.1. The van der Waals surface area contributed by atoms with Crippen LogP contribution in [-0.4, -0.2) is 13.1 Å². The third-order valence-corrected chi connectivity index (χ3v) is 17.5. The third-order valence-electron chi connectivity index (χ3n) is 17.5. The first kappa shape index (κ1) is 24.7. The van der Waals surface area contributed by atoms with Crippen LogP contribution in [0.5, 0.6) is 0 Å². The molecule has 1 saturated carbocycles. The quantitative estimate of drug-likeness (QED) is 0.134. The zero-order valence-electron chi connectivity index (χ0n) is 29.0. The molecule has 0 bridgehead atoms. The van der Waals surface area contributed by atoms with Crippen LogP contribution < -0.4 is 5.22 Å². The van der Waals surface area contributed by atoms with Gasteiger partial charge in [0.1, 0.15) is 0 Å². The molecule has 18 rings (SSSR count). The molecule has 0 N–H and O–H groups in total. The molecule has 0 heterocycles. The van der Waals surface area contributed by atoms with E-state index >= 15 is 0 Å². The van der Waals surface area contributed by atoms with E-state index in [2.05, 4.69) is 66.7 Å². The van der Waals surface area contributed by atoms with E-state index in [0.717, 1.165) is 19.3 Å². The minimum Gasteiger partial charge on any atom is -0.469 e. The van der Waals surface area contributed by atoms with E-state index in [4.69, 9.17) is 4.74 Å². The van der Waals surface area contributed by atoms with Crippen molar-refractivity contribution in [3.05, 3.63) is 116 Å². The van der Waals surface area contributed by atoms with E-state index in [9.17, 15) is 4.79 Å². The van der Waals surface area contributed by atoms with Gasteiger partial charge in [0.05, 0.1) is 7.11 Å². The van der Waals surface area contributed by atoms with Crippen molar-refractivity contribution in [3.8, 4) is 0 Å². The highest BCUT2D eigenvalue weighted by atomic mass is 16.5. The Bertz CT molecular complexity index is 3730. The number of hydrogen-bond donors (Lipinski definition) is 0. The molecule has 6 unspecified atom stereocenters. The Morgan fingerprint density at radius 3 is 2.38 bits per heavy atom. The van der Waals surface area contributed by atoms with E-state index in [1.807, 2.05) is 0 Å². The minimum absolute atomic E-state index is 0.0686. The van der Waals surface area contributed by atoms with Gasteiger partial charge in [0.25, 0.3) is 0 Å². The molecule has 0 radical (unpaired) electrons. The summed E-state index contributed by atoms with van der Waals surface area (Å²) in [5, 5.41) is 27.1. The summed E-state index contributed by atoms with van der Waals surface area (Å²) in [6.07, 6.45) is 10.1. The van der Waals surface area contributed by atoms with Gasteiger partial charge >= 0.3 is 5.97 Å². The second-order valence-electron chi connectivity index (χ2n) is 18.7. The zero-order chi connectivity index (χ0) is 33.5. The van der Waals surface area contributed by atoms with Gasteiger partial charge in [0.2, 0.25) is 0 Å². The summed E-state index contributed by atoms with van der Waals surface area (Å²) in [5.74, 6) is 1.64. The molecular weight excluding hydrogens is 645 g/mol. The fourth-order valence-corrected chi connectivity index (χ4v) is 16.6. The number of fused-ring (bicyclic) bond motifs is 1. The van der Waals surface area contributed by atoms with Crippen LogP contribution in [0.1, 0.15) is 87.1 Å². The SMILES string of the molecule is COC(=O)CCCC1(c2ccccc2)C2c3cc4c5c6c7c8c9c%10c%11c(cc%12cc%13cc%14c%15c%16c%13c(c%12%11)c9c%16c9c(c3c5c89)C%15C21C=%14)CC(C=C6C4)C7%10. The Labute approximate surface area is 302 Å². The Hall–Kier alpha value is -5.47. The lowest BCUT2D eigenvalue weighted by atomic mass is 9.69. The highest BCUT2D eigenvalue weighted by Gasteiger charge is 2.81. The number of ether oxygens (including phenoxy) is 1. The van der Waals surface area contributed by atoms with Crippen molar-refractivity contribution in [2.24, 2.45) is 11.3 Å². The lowest BCUT2D eigenvalue weighted by Crippen LogP contribution is -2.23. The Morgan fingerprint density at radius 1 is 0.736 bits per heavy atom. The minimum atomic E-state index is -0.101. The van der Waals surface area contributed by atoms with Gasteiger partial charge in [0.15, 0.2) is 0 Å². The molecule has 10 aromatic rings. The van der Waals surface area contributed by atoms with Gasteiger partial charge in [-0.3, -0.25) is 4.79 Å². The monoisotopic (exact) mass is 672 g/mol. The van der Waals surface area contributed by atoms with Crippen LogP contribution in [0.4, 0.5) is 0 Å². The van der Waals surface area contributed by atoms with Crippen molar-refractivity contribution < 1.29 is 9.53 Å². The first-order chi connectivity index (χ1) is 26.2. The smallest absolute Gasteiger partial charge is 0.305 e. The van der Waals surface area contributed by atoms with Gasteiger partial charge in [-0.05, 0) is 191 Å². The summed E-state index contributed by atoms with van der Waals surface area (Å²) in [4.78, 5) is 12.7. The molecule has 0 saturated heterocycles. The molecule has 1 spiro atoms. The lowest BCUT2D eigenvalue weighted by Gasteiger charge is -2.34. The fourth-order valence-electron chi connectivity index (χ4n) is 16.6. The van der Waals surface area contributed by atoms with Gasteiger partial charge in [-0.15, -0.1) is 0 Å². The maximum Gasteiger partial charge on any atom is 0.305 e. The van der Waals surface area contributed by atoms with Gasteiger partial charge in [-0.25, -0.2) is 0 Å². The van der Waals surface area contributed by atoms with Gasteiger partial charge in [-0.1, -0.05) is 54.6 Å². The summed E-state index contributed by atoms with van der Waals surface area (Å²) < 4.78 is 5.23. The van der Waals surface area contributed by atoms with E-state index in [1.165, 1.54) is 35.1 Å². The number of allylic oxidation sites excluding steroid dienone is 2. The number of rotatable bonds is 5. The molecule has 0 aromatic heterocycles. The molecule has 8 aliphatic rings. The van der Waals surface area contributed by atoms with Crippen molar-refractivity contribution in [2.45, 2.75) is 55.3 Å². The summed E-state index contributed by atoms with van der Waals surface area (Å²) >= 11 is 0. The maximum atomic E-state index is 12.7. The van der Waals surface area contributed by atoms with Crippen LogP contribution in [0, 0.1) is 11.3 Å². The van der Waals surface area contributed by atoms with Gasteiger partial charge in [-0.2, -0.15) is 0 Å². The van der Waals surface area contributed by atoms with E-state index in [-0.39, 0.29) is 16.8 Å². The molecule has 8 aliphatic carbocycles. The normalized spacial score (nSPS) is 29.0. The molecule has 244 valence electrons.